The van der Waals surface area contributed by atoms with Gasteiger partial charge in [0.15, 0.2) is 0 Å². The highest BCUT2D eigenvalue weighted by Gasteiger charge is 2.17. The molecule has 2 aromatic rings. The Morgan fingerprint density at radius 1 is 1.06 bits per heavy atom. The molecule has 96 valence electrons. The van der Waals surface area contributed by atoms with Crippen LogP contribution in [0.3, 0.4) is 0 Å². The van der Waals surface area contributed by atoms with E-state index in [0.717, 1.165) is 12.3 Å². The van der Waals surface area contributed by atoms with Gasteiger partial charge in [-0.1, -0.05) is 32.9 Å². The Bertz CT molecular complexity index is 503. The third kappa shape index (κ3) is 2.76. The first-order valence-corrected chi connectivity index (χ1v) is 6.29. The summed E-state index contributed by atoms with van der Waals surface area (Å²) in [5.74, 6) is 0.905. The Balaban J connectivity index is 2.21. The number of benzene rings is 1. The van der Waals surface area contributed by atoms with Crippen molar-refractivity contribution in [1.82, 2.24) is 4.57 Å². The molecule has 0 unspecified atom stereocenters. The van der Waals surface area contributed by atoms with Crippen LogP contribution in [0.25, 0.3) is 0 Å². The van der Waals surface area contributed by atoms with Crippen molar-refractivity contribution in [2.75, 3.05) is 7.11 Å². The van der Waals surface area contributed by atoms with Crippen molar-refractivity contribution in [2.45, 2.75) is 32.7 Å². The van der Waals surface area contributed by atoms with E-state index >= 15 is 0 Å². The summed E-state index contributed by atoms with van der Waals surface area (Å²) in [6, 6.07) is 12.6. The number of rotatable bonds is 3. The molecule has 0 spiro atoms. The van der Waals surface area contributed by atoms with Crippen LogP contribution in [0.15, 0.2) is 42.6 Å². The van der Waals surface area contributed by atoms with E-state index in [0.29, 0.717) is 0 Å². The van der Waals surface area contributed by atoms with Crippen LogP contribution in [0, 0.1) is 0 Å². The zero-order valence-electron chi connectivity index (χ0n) is 11.6. The average molecular weight is 243 g/mol. The second-order valence-electron chi connectivity index (χ2n) is 5.62. The van der Waals surface area contributed by atoms with Gasteiger partial charge in [0.05, 0.1) is 7.11 Å². The maximum atomic E-state index is 5.18. The predicted molar refractivity (Wildman–Crippen MR) is 75.2 cm³/mol. The van der Waals surface area contributed by atoms with Crippen LogP contribution >= 0.6 is 0 Å². The van der Waals surface area contributed by atoms with E-state index in [4.69, 9.17) is 4.74 Å². The molecular weight excluding hydrogens is 222 g/mol. The van der Waals surface area contributed by atoms with Crippen LogP contribution in [-0.2, 0) is 12.0 Å². The van der Waals surface area contributed by atoms with Gasteiger partial charge in [0, 0.05) is 23.9 Å². The van der Waals surface area contributed by atoms with E-state index in [2.05, 4.69) is 55.8 Å². The molecule has 0 N–H and O–H groups in total. The van der Waals surface area contributed by atoms with Crippen molar-refractivity contribution in [3.8, 4) is 5.75 Å². The highest BCUT2D eigenvalue weighted by atomic mass is 16.5. The second-order valence-corrected chi connectivity index (χ2v) is 5.62. The summed E-state index contributed by atoms with van der Waals surface area (Å²) in [5, 5.41) is 0. The summed E-state index contributed by atoms with van der Waals surface area (Å²) in [7, 11) is 1.69. The van der Waals surface area contributed by atoms with Gasteiger partial charge in [0.1, 0.15) is 5.75 Å². The maximum Gasteiger partial charge on any atom is 0.118 e. The lowest BCUT2D eigenvalue weighted by Crippen LogP contribution is -2.17. The van der Waals surface area contributed by atoms with E-state index in [-0.39, 0.29) is 5.41 Å². The minimum Gasteiger partial charge on any atom is -0.497 e. The van der Waals surface area contributed by atoms with Gasteiger partial charge < -0.3 is 9.30 Å². The quantitative estimate of drug-likeness (QED) is 0.799. The minimum atomic E-state index is 0.177. The minimum absolute atomic E-state index is 0.177. The first kappa shape index (κ1) is 12.7. The van der Waals surface area contributed by atoms with Crippen LogP contribution in [0.5, 0.6) is 5.75 Å². The van der Waals surface area contributed by atoms with Crippen LogP contribution in [0.2, 0.25) is 0 Å². The summed E-state index contributed by atoms with van der Waals surface area (Å²) < 4.78 is 7.48. The van der Waals surface area contributed by atoms with Crippen LogP contribution in [0.4, 0.5) is 0 Å². The average Bonchev–Trinajstić information content (AvgIpc) is 2.78. The zero-order chi connectivity index (χ0) is 13.2. The molecule has 2 nitrogen and oxygen atoms in total. The molecule has 0 atom stereocenters. The number of hydrogen-bond acceptors (Lipinski definition) is 1. The normalized spacial score (nSPS) is 11.6. The summed E-state index contributed by atoms with van der Waals surface area (Å²) >= 11 is 0. The van der Waals surface area contributed by atoms with E-state index in [1.807, 2.05) is 12.1 Å². The van der Waals surface area contributed by atoms with Gasteiger partial charge in [-0.15, -0.1) is 0 Å². The standard InChI is InChI=1S/C16H21NO/c1-16(2,3)15-6-5-11-17(15)12-13-7-9-14(18-4)10-8-13/h5-11H,12H2,1-4H3. The van der Waals surface area contributed by atoms with Crippen LogP contribution < -0.4 is 4.74 Å². The highest BCUT2D eigenvalue weighted by molar-refractivity contribution is 5.28. The molecule has 0 radical (unpaired) electrons. The molecule has 1 heterocycles. The lowest BCUT2D eigenvalue weighted by Gasteiger charge is -2.21. The lowest BCUT2D eigenvalue weighted by molar-refractivity contribution is 0.414. The molecule has 0 amide bonds. The Morgan fingerprint density at radius 3 is 2.28 bits per heavy atom. The van der Waals surface area contributed by atoms with Crippen LogP contribution in [0.1, 0.15) is 32.0 Å². The predicted octanol–water partition coefficient (Wildman–Crippen LogP) is 3.84. The highest BCUT2D eigenvalue weighted by Crippen LogP contribution is 2.23. The first-order valence-electron chi connectivity index (χ1n) is 6.29. The maximum absolute atomic E-state index is 5.18. The molecule has 0 saturated carbocycles. The Labute approximate surface area is 109 Å². The van der Waals surface area contributed by atoms with E-state index in [9.17, 15) is 0 Å². The molecular formula is C16H21NO. The van der Waals surface area contributed by atoms with Crippen molar-refractivity contribution in [3.05, 3.63) is 53.9 Å². The van der Waals surface area contributed by atoms with Gasteiger partial charge in [-0.05, 0) is 29.8 Å². The number of aromatic nitrogens is 1. The fourth-order valence-corrected chi connectivity index (χ4v) is 2.16. The van der Waals surface area contributed by atoms with Crippen molar-refractivity contribution in [1.29, 1.82) is 0 Å². The number of methoxy groups -OCH3 is 1. The van der Waals surface area contributed by atoms with Gasteiger partial charge in [0.2, 0.25) is 0 Å². The van der Waals surface area contributed by atoms with E-state index in [1.165, 1.54) is 11.3 Å². The molecule has 0 aliphatic carbocycles. The number of ether oxygens (including phenoxy) is 1. The van der Waals surface area contributed by atoms with Crippen molar-refractivity contribution in [2.24, 2.45) is 0 Å². The Hall–Kier alpha value is -1.70. The third-order valence-corrected chi connectivity index (χ3v) is 3.11. The van der Waals surface area contributed by atoms with Gasteiger partial charge in [0.25, 0.3) is 0 Å². The fraction of sp³-hybridized carbons (Fsp3) is 0.375. The van der Waals surface area contributed by atoms with Gasteiger partial charge in [-0.3, -0.25) is 0 Å². The smallest absolute Gasteiger partial charge is 0.118 e. The van der Waals surface area contributed by atoms with Crippen molar-refractivity contribution < 1.29 is 4.74 Å². The monoisotopic (exact) mass is 243 g/mol. The summed E-state index contributed by atoms with van der Waals surface area (Å²) in [5.41, 5.74) is 2.83. The zero-order valence-corrected chi connectivity index (χ0v) is 11.6. The first-order chi connectivity index (χ1) is 8.50. The fourth-order valence-electron chi connectivity index (χ4n) is 2.16. The lowest BCUT2D eigenvalue weighted by atomic mass is 9.92. The molecule has 1 aromatic heterocycles. The van der Waals surface area contributed by atoms with E-state index in [1.54, 1.807) is 7.11 Å². The van der Waals surface area contributed by atoms with E-state index < -0.39 is 0 Å². The Morgan fingerprint density at radius 2 is 1.72 bits per heavy atom. The van der Waals surface area contributed by atoms with Crippen molar-refractivity contribution >= 4 is 0 Å². The molecule has 18 heavy (non-hydrogen) atoms. The third-order valence-electron chi connectivity index (χ3n) is 3.11. The topological polar surface area (TPSA) is 14.2 Å². The Kier molecular flexibility index (Phi) is 3.46. The van der Waals surface area contributed by atoms with Gasteiger partial charge in [-0.25, -0.2) is 0 Å². The molecule has 0 bridgehead atoms. The number of hydrogen-bond donors (Lipinski definition) is 0. The number of nitrogens with zero attached hydrogens (tertiary/aromatic N) is 1. The largest absolute Gasteiger partial charge is 0.497 e. The van der Waals surface area contributed by atoms with Gasteiger partial charge in [-0.2, -0.15) is 0 Å². The summed E-state index contributed by atoms with van der Waals surface area (Å²) in [6.07, 6.45) is 2.14. The van der Waals surface area contributed by atoms with Crippen molar-refractivity contribution in [3.63, 3.8) is 0 Å². The molecule has 2 heteroatoms. The SMILES string of the molecule is COc1ccc(Cn2cccc2C(C)(C)C)cc1. The molecule has 0 aliphatic heterocycles. The van der Waals surface area contributed by atoms with Gasteiger partial charge >= 0.3 is 0 Å². The molecule has 1 aromatic carbocycles. The summed E-state index contributed by atoms with van der Waals surface area (Å²) in [6.45, 7) is 7.64. The summed E-state index contributed by atoms with van der Waals surface area (Å²) in [4.78, 5) is 0. The molecule has 0 aliphatic rings. The second kappa shape index (κ2) is 4.89. The molecule has 0 saturated heterocycles. The van der Waals surface area contributed by atoms with Crippen LogP contribution in [-0.4, -0.2) is 11.7 Å². The molecule has 2 rings (SSSR count). The molecule has 0 fully saturated rings.